The summed E-state index contributed by atoms with van der Waals surface area (Å²) in [4.78, 5) is 11.1. The lowest BCUT2D eigenvalue weighted by atomic mass is 9.71. The van der Waals surface area contributed by atoms with Crippen LogP contribution in [0.15, 0.2) is 0 Å². The second-order valence-corrected chi connectivity index (χ2v) is 5.16. The summed E-state index contributed by atoms with van der Waals surface area (Å²) in [7, 11) is 0. The van der Waals surface area contributed by atoms with Gasteiger partial charge in [-0.05, 0) is 24.2 Å². The van der Waals surface area contributed by atoms with Crippen LogP contribution in [0.4, 0.5) is 0 Å². The first-order valence-electron chi connectivity index (χ1n) is 4.81. The molecule has 0 aromatic heterocycles. The number of hydrogen-bond donors (Lipinski definition) is 2. The van der Waals surface area contributed by atoms with E-state index in [1.54, 1.807) is 0 Å². The smallest absolute Gasteiger partial charge is 0.323 e. The molecule has 1 saturated carbocycles. The highest BCUT2D eigenvalue weighted by molar-refractivity contribution is 5.79. The minimum atomic E-state index is -0.988. The van der Waals surface area contributed by atoms with Crippen LogP contribution in [0.25, 0.3) is 0 Å². The van der Waals surface area contributed by atoms with Gasteiger partial charge >= 0.3 is 5.97 Å². The van der Waals surface area contributed by atoms with E-state index < -0.39 is 11.5 Å². The fourth-order valence-electron chi connectivity index (χ4n) is 2.49. The Balaban J connectivity index is 2.93. The van der Waals surface area contributed by atoms with Gasteiger partial charge in [-0.2, -0.15) is 0 Å². The molecule has 3 nitrogen and oxygen atoms in total. The zero-order chi connectivity index (χ0) is 10.3. The van der Waals surface area contributed by atoms with Gasteiger partial charge in [-0.3, -0.25) is 4.79 Å². The molecule has 76 valence electrons. The van der Waals surface area contributed by atoms with Crippen LogP contribution in [0.2, 0.25) is 0 Å². The number of carboxylic acids is 1. The number of carbonyl (C=O) groups is 1. The minimum Gasteiger partial charge on any atom is -0.480 e. The maximum Gasteiger partial charge on any atom is 0.323 e. The van der Waals surface area contributed by atoms with Crippen LogP contribution in [0.1, 0.15) is 40.0 Å². The molecule has 0 aromatic carbocycles. The van der Waals surface area contributed by atoms with E-state index in [0.29, 0.717) is 6.42 Å². The summed E-state index contributed by atoms with van der Waals surface area (Å²) in [6, 6.07) is 0. The van der Waals surface area contributed by atoms with Gasteiger partial charge in [0.2, 0.25) is 0 Å². The van der Waals surface area contributed by atoms with E-state index in [1.165, 1.54) is 0 Å². The molecule has 2 unspecified atom stereocenters. The zero-order valence-electron chi connectivity index (χ0n) is 8.63. The molecule has 0 radical (unpaired) electrons. The SMILES string of the molecule is CC(C)(C)C1CCCC1(N)C(=O)O. The summed E-state index contributed by atoms with van der Waals surface area (Å²) < 4.78 is 0. The van der Waals surface area contributed by atoms with Gasteiger partial charge in [-0.15, -0.1) is 0 Å². The molecular weight excluding hydrogens is 166 g/mol. The molecule has 0 amide bonds. The van der Waals surface area contributed by atoms with Gasteiger partial charge in [0.1, 0.15) is 5.54 Å². The van der Waals surface area contributed by atoms with Crippen molar-refractivity contribution in [3.05, 3.63) is 0 Å². The van der Waals surface area contributed by atoms with Crippen molar-refractivity contribution in [3.8, 4) is 0 Å². The van der Waals surface area contributed by atoms with Crippen molar-refractivity contribution in [1.82, 2.24) is 0 Å². The highest BCUT2D eigenvalue weighted by atomic mass is 16.4. The van der Waals surface area contributed by atoms with E-state index in [0.717, 1.165) is 12.8 Å². The summed E-state index contributed by atoms with van der Waals surface area (Å²) in [6.45, 7) is 6.19. The van der Waals surface area contributed by atoms with Crippen molar-refractivity contribution in [2.45, 2.75) is 45.6 Å². The van der Waals surface area contributed by atoms with E-state index in [4.69, 9.17) is 10.8 Å². The molecule has 3 N–H and O–H groups in total. The lowest BCUT2D eigenvalue weighted by Gasteiger charge is -2.36. The molecule has 1 aliphatic rings. The summed E-state index contributed by atoms with van der Waals surface area (Å²) >= 11 is 0. The molecule has 0 bridgehead atoms. The topological polar surface area (TPSA) is 63.3 Å². The van der Waals surface area contributed by atoms with Gasteiger partial charge in [0.25, 0.3) is 0 Å². The van der Waals surface area contributed by atoms with E-state index in [-0.39, 0.29) is 11.3 Å². The Morgan fingerprint density at radius 3 is 2.38 bits per heavy atom. The van der Waals surface area contributed by atoms with Crippen molar-refractivity contribution in [3.63, 3.8) is 0 Å². The third-order valence-corrected chi connectivity index (χ3v) is 3.15. The Morgan fingerprint density at radius 2 is 2.08 bits per heavy atom. The van der Waals surface area contributed by atoms with Crippen molar-refractivity contribution in [2.75, 3.05) is 0 Å². The minimum absolute atomic E-state index is 0.0103. The third kappa shape index (κ3) is 1.70. The van der Waals surface area contributed by atoms with Crippen molar-refractivity contribution >= 4 is 5.97 Å². The molecule has 1 aliphatic carbocycles. The Kier molecular flexibility index (Phi) is 2.41. The van der Waals surface area contributed by atoms with Crippen LogP contribution in [-0.2, 0) is 4.79 Å². The fourth-order valence-corrected chi connectivity index (χ4v) is 2.49. The number of carboxylic acid groups (broad SMARTS) is 1. The second kappa shape index (κ2) is 2.98. The monoisotopic (exact) mass is 185 g/mol. The van der Waals surface area contributed by atoms with E-state index in [9.17, 15) is 4.79 Å². The maximum absolute atomic E-state index is 11.1. The lowest BCUT2D eigenvalue weighted by molar-refractivity contribution is -0.146. The summed E-state index contributed by atoms with van der Waals surface area (Å²) in [5, 5.41) is 9.08. The lowest BCUT2D eigenvalue weighted by Crippen LogP contribution is -2.54. The number of rotatable bonds is 1. The van der Waals surface area contributed by atoms with Crippen LogP contribution in [0, 0.1) is 11.3 Å². The molecule has 13 heavy (non-hydrogen) atoms. The molecule has 0 aliphatic heterocycles. The zero-order valence-corrected chi connectivity index (χ0v) is 8.63. The number of aliphatic carboxylic acids is 1. The summed E-state index contributed by atoms with van der Waals surface area (Å²) in [5.74, 6) is -0.748. The van der Waals surface area contributed by atoms with E-state index in [1.807, 2.05) is 0 Å². The first kappa shape index (κ1) is 10.5. The van der Waals surface area contributed by atoms with Gasteiger partial charge in [-0.25, -0.2) is 0 Å². The second-order valence-electron chi connectivity index (χ2n) is 5.16. The number of hydrogen-bond acceptors (Lipinski definition) is 2. The molecular formula is C10H19NO2. The average Bonchev–Trinajstić information content (AvgIpc) is 2.31. The summed E-state index contributed by atoms with van der Waals surface area (Å²) in [6.07, 6.45) is 2.49. The molecule has 3 heteroatoms. The Bertz CT molecular complexity index is 219. The van der Waals surface area contributed by atoms with Gasteiger partial charge in [0.05, 0.1) is 0 Å². The Labute approximate surface area is 79.3 Å². The average molecular weight is 185 g/mol. The van der Waals surface area contributed by atoms with Crippen molar-refractivity contribution in [2.24, 2.45) is 17.1 Å². The standard InChI is InChI=1S/C10H19NO2/c1-9(2,3)7-5-4-6-10(7,11)8(12)13/h7H,4-6,11H2,1-3H3,(H,12,13). The highest BCUT2D eigenvalue weighted by Crippen LogP contribution is 2.44. The molecule has 0 heterocycles. The third-order valence-electron chi connectivity index (χ3n) is 3.15. The van der Waals surface area contributed by atoms with Crippen LogP contribution in [-0.4, -0.2) is 16.6 Å². The van der Waals surface area contributed by atoms with Gasteiger partial charge in [-0.1, -0.05) is 27.2 Å². The molecule has 0 saturated heterocycles. The van der Waals surface area contributed by atoms with Crippen molar-refractivity contribution in [1.29, 1.82) is 0 Å². The Hall–Kier alpha value is -0.570. The van der Waals surface area contributed by atoms with E-state index >= 15 is 0 Å². The molecule has 1 fully saturated rings. The van der Waals surface area contributed by atoms with E-state index in [2.05, 4.69) is 20.8 Å². The predicted molar refractivity (Wildman–Crippen MR) is 51.4 cm³/mol. The highest BCUT2D eigenvalue weighted by Gasteiger charge is 2.50. The normalized spacial score (nSPS) is 34.9. The van der Waals surface area contributed by atoms with Crippen LogP contribution >= 0.6 is 0 Å². The quantitative estimate of drug-likeness (QED) is 0.652. The first-order chi connectivity index (χ1) is 5.78. The molecule has 2 atom stereocenters. The van der Waals surface area contributed by atoms with Gasteiger partial charge in [0, 0.05) is 0 Å². The maximum atomic E-state index is 11.1. The fraction of sp³-hybridized carbons (Fsp3) is 0.900. The van der Waals surface area contributed by atoms with Crippen LogP contribution < -0.4 is 5.73 Å². The Morgan fingerprint density at radius 1 is 1.54 bits per heavy atom. The summed E-state index contributed by atoms with van der Waals surface area (Å²) in [5.41, 5.74) is 4.93. The van der Waals surface area contributed by atoms with Crippen LogP contribution in [0.5, 0.6) is 0 Å². The predicted octanol–water partition coefficient (Wildman–Crippen LogP) is 1.61. The first-order valence-corrected chi connectivity index (χ1v) is 4.81. The largest absolute Gasteiger partial charge is 0.480 e. The van der Waals surface area contributed by atoms with Crippen molar-refractivity contribution < 1.29 is 9.90 Å². The molecule has 0 spiro atoms. The van der Waals surface area contributed by atoms with Gasteiger partial charge < -0.3 is 10.8 Å². The van der Waals surface area contributed by atoms with Crippen LogP contribution in [0.3, 0.4) is 0 Å². The van der Waals surface area contributed by atoms with Gasteiger partial charge in [0.15, 0.2) is 0 Å². The molecule has 1 rings (SSSR count). The number of nitrogens with two attached hydrogens (primary N) is 1. The molecule has 0 aromatic rings.